The zero-order valence-corrected chi connectivity index (χ0v) is 14.5. The molecule has 1 aromatic carbocycles. The van der Waals surface area contributed by atoms with Crippen molar-refractivity contribution in [3.05, 3.63) is 23.8 Å². The van der Waals surface area contributed by atoms with Crippen LogP contribution in [-0.4, -0.2) is 36.0 Å². The summed E-state index contributed by atoms with van der Waals surface area (Å²) in [5.41, 5.74) is 0.999. The number of methoxy groups -OCH3 is 2. The molecule has 0 aliphatic carbocycles. The summed E-state index contributed by atoms with van der Waals surface area (Å²) in [5, 5.41) is 3.61. The molecule has 21 heavy (non-hydrogen) atoms. The minimum atomic E-state index is -0.883. The SMILES string of the molecule is CCCNC(CS(=O)C(C)C)c1cc(OC)ccc1OC. The van der Waals surface area contributed by atoms with Crippen molar-refractivity contribution in [2.45, 2.75) is 38.5 Å². The van der Waals surface area contributed by atoms with Gasteiger partial charge < -0.3 is 14.8 Å². The van der Waals surface area contributed by atoms with E-state index in [1.807, 2.05) is 32.0 Å². The normalized spacial score (nSPS) is 14.0. The zero-order valence-electron chi connectivity index (χ0n) is 13.6. The zero-order chi connectivity index (χ0) is 15.8. The van der Waals surface area contributed by atoms with Gasteiger partial charge in [0.05, 0.1) is 14.2 Å². The highest BCUT2D eigenvalue weighted by atomic mass is 32.2. The molecule has 0 saturated carbocycles. The largest absolute Gasteiger partial charge is 0.497 e. The first-order valence-corrected chi connectivity index (χ1v) is 8.74. The van der Waals surface area contributed by atoms with Gasteiger partial charge >= 0.3 is 0 Å². The summed E-state index contributed by atoms with van der Waals surface area (Å²) < 4.78 is 23.0. The van der Waals surface area contributed by atoms with Gasteiger partial charge in [0.1, 0.15) is 11.5 Å². The molecule has 0 heterocycles. The first-order chi connectivity index (χ1) is 10.0. The monoisotopic (exact) mass is 313 g/mol. The Balaban J connectivity index is 3.08. The number of nitrogens with one attached hydrogen (secondary N) is 1. The molecule has 0 bridgehead atoms. The Kier molecular flexibility index (Phi) is 7.75. The lowest BCUT2D eigenvalue weighted by atomic mass is 10.1. The van der Waals surface area contributed by atoms with Crippen LogP contribution < -0.4 is 14.8 Å². The highest BCUT2D eigenvalue weighted by Crippen LogP contribution is 2.30. The molecule has 0 radical (unpaired) electrons. The van der Waals surface area contributed by atoms with Crippen LogP contribution in [0.5, 0.6) is 11.5 Å². The molecule has 0 saturated heterocycles. The highest BCUT2D eigenvalue weighted by molar-refractivity contribution is 7.85. The first kappa shape index (κ1) is 18.0. The summed E-state index contributed by atoms with van der Waals surface area (Å²) in [5.74, 6) is 2.15. The van der Waals surface area contributed by atoms with Crippen LogP contribution in [0.15, 0.2) is 18.2 Å². The van der Waals surface area contributed by atoms with Crippen LogP contribution in [-0.2, 0) is 10.8 Å². The van der Waals surface area contributed by atoms with E-state index in [2.05, 4.69) is 12.2 Å². The minimum absolute atomic E-state index is 0.00164. The van der Waals surface area contributed by atoms with E-state index in [1.165, 1.54) is 0 Å². The summed E-state index contributed by atoms with van der Waals surface area (Å²) in [6.45, 7) is 6.96. The van der Waals surface area contributed by atoms with Gasteiger partial charge in [-0.3, -0.25) is 4.21 Å². The molecule has 0 spiro atoms. The predicted octanol–water partition coefficient (Wildman–Crippen LogP) is 2.90. The van der Waals surface area contributed by atoms with E-state index in [0.29, 0.717) is 5.75 Å². The van der Waals surface area contributed by atoms with Crippen LogP contribution in [0.4, 0.5) is 0 Å². The summed E-state index contributed by atoms with van der Waals surface area (Å²) >= 11 is 0. The Morgan fingerprint density at radius 3 is 2.48 bits per heavy atom. The molecular formula is C16H27NO3S. The van der Waals surface area contributed by atoms with Crippen molar-refractivity contribution >= 4 is 10.8 Å². The van der Waals surface area contributed by atoms with Crippen LogP contribution in [0.25, 0.3) is 0 Å². The number of ether oxygens (including phenoxy) is 2. The topological polar surface area (TPSA) is 47.6 Å². The summed E-state index contributed by atoms with van der Waals surface area (Å²) in [7, 11) is 2.42. The maximum Gasteiger partial charge on any atom is 0.123 e. The summed E-state index contributed by atoms with van der Waals surface area (Å²) in [6.07, 6.45) is 1.02. The van der Waals surface area contributed by atoms with E-state index in [-0.39, 0.29) is 11.3 Å². The second-order valence-corrected chi connectivity index (χ2v) is 7.25. The fourth-order valence-corrected chi connectivity index (χ4v) is 3.06. The van der Waals surface area contributed by atoms with E-state index < -0.39 is 10.8 Å². The van der Waals surface area contributed by atoms with Crippen molar-refractivity contribution in [1.29, 1.82) is 0 Å². The molecule has 4 nitrogen and oxygen atoms in total. The molecule has 0 fully saturated rings. The van der Waals surface area contributed by atoms with Crippen molar-refractivity contribution in [3.8, 4) is 11.5 Å². The van der Waals surface area contributed by atoms with Crippen molar-refractivity contribution in [1.82, 2.24) is 5.32 Å². The van der Waals surface area contributed by atoms with Gasteiger partial charge in [-0.25, -0.2) is 0 Å². The smallest absolute Gasteiger partial charge is 0.123 e. The fraction of sp³-hybridized carbons (Fsp3) is 0.625. The standard InChI is InChI=1S/C16H27NO3S/c1-6-9-17-15(11-21(18)12(2)3)14-10-13(19-4)7-8-16(14)20-5/h7-8,10,12,15,17H,6,9,11H2,1-5H3. The molecule has 0 aliphatic heterocycles. The predicted molar refractivity (Wildman–Crippen MR) is 88.7 cm³/mol. The lowest BCUT2D eigenvalue weighted by Gasteiger charge is -2.22. The van der Waals surface area contributed by atoms with Crippen molar-refractivity contribution in [3.63, 3.8) is 0 Å². The Morgan fingerprint density at radius 1 is 1.24 bits per heavy atom. The molecule has 1 aromatic rings. The average Bonchev–Trinajstić information content (AvgIpc) is 2.50. The molecule has 0 aromatic heterocycles. The quantitative estimate of drug-likeness (QED) is 0.761. The fourth-order valence-electron chi connectivity index (χ4n) is 2.05. The minimum Gasteiger partial charge on any atom is -0.497 e. The lowest BCUT2D eigenvalue weighted by Crippen LogP contribution is -2.29. The molecular weight excluding hydrogens is 286 g/mol. The van der Waals surface area contributed by atoms with Crippen molar-refractivity contribution < 1.29 is 13.7 Å². The van der Waals surface area contributed by atoms with E-state index in [9.17, 15) is 4.21 Å². The number of hydrogen-bond acceptors (Lipinski definition) is 4. The van der Waals surface area contributed by atoms with Crippen LogP contribution in [0.2, 0.25) is 0 Å². The van der Waals surface area contributed by atoms with E-state index >= 15 is 0 Å². The van der Waals surface area contributed by atoms with Gasteiger partial charge in [0.15, 0.2) is 0 Å². The van der Waals surface area contributed by atoms with E-state index in [0.717, 1.165) is 30.0 Å². The highest BCUT2D eigenvalue weighted by Gasteiger charge is 2.20. The van der Waals surface area contributed by atoms with Gasteiger partial charge in [-0.15, -0.1) is 0 Å². The Labute approximate surface area is 130 Å². The molecule has 1 rings (SSSR count). The molecule has 5 heteroatoms. The first-order valence-electron chi connectivity index (χ1n) is 7.35. The molecule has 0 amide bonds. The third-order valence-corrected chi connectivity index (χ3v) is 5.02. The van der Waals surface area contributed by atoms with Gasteiger partial charge in [0, 0.05) is 33.4 Å². The summed E-state index contributed by atoms with van der Waals surface area (Å²) in [6, 6.07) is 5.73. The van der Waals surface area contributed by atoms with Gasteiger partial charge in [-0.1, -0.05) is 20.8 Å². The molecule has 2 atom stereocenters. The molecule has 0 aliphatic rings. The number of rotatable bonds is 9. The maximum absolute atomic E-state index is 12.2. The maximum atomic E-state index is 12.2. The van der Waals surface area contributed by atoms with E-state index in [1.54, 1.807) is 14.2 Å². The van der Waals surface area contributed by atoms with Crippen LogP contribution >= 0.6 is 0 Å². The van der Waals surface area contributed by atoms with Gasteiger partial charge in [-0.2, -0.15) is 0 Å². The Morgan fingerprint density at radius 2 is 1.95 bits per heavy atom. The van der Waals surface area contributed by atoms with Gasteiger partial charge in [0.2, 0.25) is 0 Å². The van der Waals surface area contributed by atoms with Crippen molar-refractivity contribution in [2.75, 3.05) is 26.5 Å². The lowest BCUT2D eigenvalue weighted by molar-refractivity contribution is 0.392. The van der Waals surface area contributed by atoms with E-state index in [4.69, 9.17) is 9.47 Å². The third kappa shape index (κ3) is 5.32. The van der Waals surface area contributed by atoms with Gasteiger partial charge in [0.25, 0.3) is 0 Å². The Hall–Kier alpha value is -1.07. The molecule has 2 unspecified atom stereocenters. The second kappa shape index (κ2) is 9.05. The van der Waals surface area contributed by atoms with Crippen molar-refractivity contribution in [2.24, 2.45) is 0 Å². The Bertz CT molecular complexity index is 463. The number of hydrogen-bond donors (Lipinski definition) is 1. The third-order valence-electron chi connectivity index (χ3n) is 3.31. The molecule has 120 valence electrons. The molecule has 1 N–H and O–H groups in total. The average molecular weight is 313 g/mol. The summed E-state index contributed by atoms with van der Waals surface area (Å²) in [4.78, 5) is 0. The van der Waals surface area contributed by atoms with Crippen LogP contribution in [0.3, 0.4) is 0 Å². The number of benzene rings is 1. The van der Waals surface area contributed by atoms with Gasteiger partial charge in [-0.05, 0) is 31.2 Å². The van der Waals surface area contributed by atoms with Crippen LogP contribution in [0.1, 0.15) is 38.8 Å². The second-order valence-electron chi connectivity index (χ2n) is 5.21. The van der Waals surface area contributed by atoms with Crippen LogP contribution in [0, 0.1) is 0 Å².